The Kier molecular flexibility index (Phi) is 5.12. The van der Waals surface area contributed by atoms with Crippen LogP contribution in [0.5, 0.6) is 0 Å². The molecule has 0 bridgehead atoms. The van der Waals surface area contributed by atoms with Crippen molar-refractivity contribution in [3.8, 4) is 0 Å². The number of rotatable bonds is 4. The summed E-state index contributed by atoms with van der Waals surface area (Å²) in [7, 11) is 0. The highest BCUT2D eigenvalue weighted by molar-refractivity contribution is 5.79. The third kappa shape index (κ3) is 3.37. The molecular weight excluding hydrogens is 255 g/mol. The van der Waals surface area contributed by atoms with Crippen molar-refractivity contribution in [1.82, 2.24) is 4.90 Å². The SMILES string of the molecule is CCC1CCN(C(=O)Cc2ccccc2F)C(CN)C1. The van der Waals surface area contributed by atoms with E-state index in [-0.39, 0.29) is 24.2 Å². The molecule has 1 aromatic carbocycles. The van der Waals surface area contributed by atoms with E-state index in [1.165, 1.54) is 6.07 Å². The third-order valence-corrected chi connectivity index (χ3v) is 4.29. The van der Waals surface area contributed by atoms with Crippen LogP contribution in [0.3, 0.4) is 0 Å². The van der Waals surface area contributed by atoms with Gasteiger partial charge in [-0.2, -0.15) is 0 Å². The van der Waals surface area contributed by atoms with Crippen molar-refractivity contribution < 1.29 is 9.18 Å². The van der Waals surface area contributed by atoms with E-state index in [1.54, 1.807) is 18.2 Å². The van der Waals surface area contributed by atoms with E-state index < -0.39 is 0 Å². The average Bonchev–Trinajstić information content (AvgIpc) is 2.48. The van der Waals surface area contributed by atoms with Crippen LogP contribution < -0.4 is 5.73 Å². The van der Waals surface area contributed by atoms with E-state index in [1.807, 2.05) is 4.90 Å². The topological polar surface area (TPSA) is 46.3 Å². The highest BCUT2D eigenvalue weighted by Gasteiger charge is 2.30. The highest BCUT2D eigenvalue weighted by Crippen LogP contribution is 2.25. The normalized spacial score (nSPS) is 22.9. The van der Waals surface area contributed by atoms with Gasteiger partial charge in [0.2, 0.25) is 5.91 Å². The molecular formula is C16H23FN2O. The predicted octanol–water partition coefficient (Wildman–Crippen LogP) is 2.34. The summed E-state index contributed by atoms with van der Waals surface area (Å²) in [6.07, 6.45) is 3.25. The molecule has 2 unspecified atom stereocenters. The summed E-state index contributed by atoms with van der Waals surface area (Å²) in [6.45, 7) is 3.41. The number of carbonyl (C=O) groups excluding carboxylic acids is 1. The summed E-state index contributed by atoms with van der Waals surface area (Å²) in [5, 5.41) is 0. The number of hydrogen-bond donors (Lipinski definition) is 1. The third-order valence-electron chi connectivity index (χ3n) is 4.29. The predicted molar refractivity (Wildman–Crippen MR) is 77.7 cm³/mol. The molecule has 2 atom stereocenters. The first-order valence-corrected chi connectivity index (χ1v) is 7.38. The zero-order valence-corrected chi connectivity index (χ0v) is 12.0. The number of benzene rings is 1. The van der Waals surface area contributed by atoms with Gasteiger partial charge < -0.3 is 10.6 Å². The molecule has 1 aliphatic heterocycles. The Labute approximate surface area is 120 Å². The van der Waals surface area contributed by atoms with Crippen LogP contribution in [-0.2, 0) is 11.2 Å². The molecule has 2 rings (SSSR count). The van der Waals surface area contributed by atoms with Crippen LogP contribution in [0, 0.1) is 11.7 Å². The Balaban J connectivity index is 2.03. The summed E-state index contributed by atoms with van der Waals surface area (Å²) in [6, 6.07) is 6.57. The number of carbonyl (C=O) groups is 1. The van der Waals surface area contributed by atoms with Gasteiger partial charge in [-0.15, -0.1) is 0 Å². The monoisotopic (exact) mass is 278 g/mol. The number of piperidine rings is 1. The molecule has 3 nitrogen and oxygen atoms in total. The lowest BCUT2D eigenvalue weighted by atomic mass is 9.88. The molecule has 110 valence electrons. The van der Waals surface area contributed by atoms with E-state index in [0.29, 0.717) is 18.0 Å². The van der Waals surface area contributed by atoms with Gasteiger partial charge in [0.25, 0.3) is 0 Å². The fraction of sp³-hybridized carbons (Fsp3) is 0.562. The molecule has 20 heavy (non-hydrogen) atoms. The lowest BCUT2D eigenvalue weighted by Gasteiger charge is -2.39. The van der Waals surface area contributed by atoms with Gasteiger partial charge in [0.05, 0.1) is 6.42 Å². The Morgan fingerprint density at radius 3 is 2.85 bits per heavy atom. The van der Waals surface area contributed by atoms with E-state index >= 15 is 0 Å². The summed E-state index contributed by atoms with van der Waals surface area (Å²) in [5.74, 6) is 0.328. The smallest absolute Gasteiger partial charge is 0.227 e. The minimum Gasteiger partial charge on any atom is -0.338 e. The first-order chi connectivity index (χ1) is 9.65. The highest BCUT2D eigenvalue weighted by atomic mass is 19.1. The second-order valence-electron chi connectivity index (χ2n) is 5.54. The van der Waals surface area contributed by atoms with Crippen LogP contribution in [0.15, 0.2) is 24.3 Å². The summed E-state index contributed by atoms with van der Waals surface area (Å²) < 4.78 is 13.6. The van der Waals surface area contributed by atoms with Crippen LogP contribution in [-0.4, -0.2) is 29.9 Å². The first kappa shape index (κ1) is 15.0. The minimum absolute atomic E-state index is 0.0138. The molecule has 1 heterocycles. The lowest BCUT2D eigenvalue weighted by molar-refractivity contribution is -0.134. The molecule has 1 saturated heterocycles. The van der Waals surface area contributed by atoms with E-state index in [2.05, 4.69) is 6.92 Å². The molecule has 1 aromatic rings. The molecule has 4 heteroatoms. The molecule has 2 N–H and O–H groups in total. The maximum atomic E-state index is 13.6. The molecule has 0 saturated carbocycles. The van der Waals surface area contributed by atoms with E-state index in [9.17, 15) is 9.18 Å². The number of amides is 1. The van der Waals surface area contributed by atoms with Crippen molar-refractivity contribution in [2.75, 3.05) is 13.1 Å². The van der Waals surface area contributed by atoms with Crippen LogP contribution in [0.25, 0.3) is 0 Å². The Morgan fingerprint density at radius 1 is 1.45 bits per heavy atom. The second kappa shape index (κ2) is 6.84. The molecule has 0 aliphatic carbocycles. The molecule has 0 aromatic heterocycles. The van der Waals surface area contributed by atoms with Gasteiger partial charge in [0.15, 0.2) is 0 Å². The standard InChI is InChI=1S/C16H23FN2O/c1-2-12-7-8-19(14(9-12)11-18)16(20)10-13-5-3-4-6-15(13)17/h3-6,12,14H,2,7-11,18H2,1H3. The molecule has 1 amide bonds. The first-order valence-electron chi connectivity index (χ1n) is 7.38. The average molecular weight is 278 g/mol. The van der Waals surface area contributed by atoms with Crippen molar-refractivity contribution in [3.05, 3.63) is 35.6 Å². The number of nitrogens with two attached hydrogens (primary N) is 1. The van der Waals surface area contributed by atoms with Crippen LogP contribution in [0.4, 0.5) is 4.39 Å². The summed E-state index contributed by atoms with van der Waals surface area (Å²) >= 11 is 0. The number of halogens is 1. The quantitative estimate of drug-likeness (QED) is 0.919. The van der Waals surface area contributed by atoms with Gasteiger partial charge in [-0.3, -0.25) is 4.79 Å². The number of likely N-dealkylation sites (tertiary alicyclic amines) is 1. The fourth-order valence-corrected chi connectivity index (χ4v) is 2.96. The van der Waals surface area contributed by atoms with Gasteiger partial charge in [-0.25, -0.2) is 4.39 Å². The Morgan fingerprint density at radius 2 is 2.20 bits per heavy atom. The summed E-state index contributed by atoms with van der Waals surface area (Å²) in [5.41, 5.74) is 6.27. The van der Waals surface area contributed by atoms with Crippen LogP contribution in [0.1, 0.15) is 31.7 Å². The molecule has 1 fully saturated rings. The lowest BCUT2D eigenvalue weighted by Crippen LogP contribution is -2.50. The van der Waals surface area contributed by atoms with Gasteiger partial charge in [-0.1, -0.05) is 31.5 Å². The van der Waals surface area contributed by atoms with Crippen molar-refractivity contribution in [1.29, 1.82) is 0 Å². The van der Waals surface area contributed by atoms with Gasteiger partial charge in [0, 0.05) is 19.1 Å². The minimum atomic E-state index is -0.311. The summed E-state index contributed by atoms with van der Waals surface area (Å²) in [4.78, 5) is 14.2. The van der Waals surface area contributed by atoms with Crippen LogP contribution >= 0.6 is 0 Å². The van der Waals surface area contributed by atoms with Crippen molar-refractivity contribution in [2.45, 2.75) is 38.6 Å². The maximum Gasteiger partial charge on any atom is 0.227 e. The fourth-order valence-electron chi connectivity index (χ4n) is 2.96. The second-order valence-corrected chi connectivity index (χ2v) is 5.54. The van der Waals surface area contributed by atoms with Gasteiger partial charge in [0.1, 0.15) is 5.82 Å². The van der Waals surface area contributed by atoms with Gasteiger partial charge in [-0.05, 0) is 30.4 Å². The molecule has 0 spiro atoms. The number of hydrogen-bond acceptors (Lipinski definition) is 2. The van der Waals surface area contributed by atoms with E-state index in [4.69, 9.17) is 5.73 Å². The zero-order chi connectivity index (χ0) is 14.5. The van der Waals surface area contributed by atoms with E-state index in [0.717, 1.165) is 25.8 Å². The largest absolute Gasteiger partial charge is 0.338 e. The zero-order valence-electron chi connectivity index (χ0n) is 12.0. The van der Waals surface area contributed by atoms with Gasteiger partial charge >= 0.3 is 0 Å². The van der Waals surface area contributed by atoms with Crippen molar-refractivity contribution in [3.63, 3.8) is 0 Å². The van der Waals surface area contributed by atoms with Crippen LogP contribution in [0.2, 0.25) is 0 Å². The Bertz CT molecular complexity index is 464. The molecule has 0 radical (unpaired) electrons. The number of nitrogens with zero attached hydrogens (tertiary/aromatic N) is 1. The van der Waals surface area contributed by atoms with Crippen molar-refractivity contribution in [2.24, 2.45) is 11.7 Å². The molecule has 1 aliphatic rings. The Hall–Kier alpha value is -1.42. The van der Waals surface area contributed by atoms with Crippen molar-refractivity contribution >= 4 is 5.91 Å². The maximum absolute atomic E-state index is 13.6.